The van der Waals surface area contributed by atoms with E-state index in [4.69, 9.17) is 5.26 Å². The van der Waals surface area contributed by atoms with E-state index in [9.17, 15) is 13.5 Å². The van der Waals surface area contributed by atoms with Crippen molar-refractivity contribution < 1.29 is 13.5 Å². The number of benzene rings is 1. The molecule has 1 aromatic rings. The molecule has 0 bridgehead atoms. The Balaban J connectivity index is 2.25. The van der Waals surface area contributed by atoms with Crippen molar-refractivity contribution >= 4 is 10.0 Å². The third-order valence-corrected chi connectivity index (χ3v) is 4.88. The van der Waals surface area contributed by atoms with Gasteiger partial charge in [0.15, 0.2) is 0 Å². The van der Waals surface area contributed by atoms with Crippen LogP contribution in [0.3, 0.4) is 0 Å². The molecule has 0 aromatic heterocycles. The van der Waals surface area contributed by atoms with Gasteiger partial charge in [-0.15, -0.1) is 0 Å². The van der Waals surface area contributed by atoms with Crippen molar-refractivity contribution in [1.29, 1.82) is 5.26 Å². The third kappa shape index (κ3) is 3.13. The predicted octanol–water partition coefficient (Wildman–Crippen LogP) is 1.14. The number of rotatable bonds is 3. The minimum absolute atomic E-state index is 0.0322. The highest BCUT2D eigenvalue weighted by Gasteiger charge is 2.29. The quantitative estimate of drug-likeness (QED) is 0.868. The Hall–Kier alpha value is -1.42. The van der Waals surface area contributed by atoms with Gasteiger partial charge >= 0.3 is 0 Å². The second-order valence-corrected chi connectivity index (χ2v) is 6.37. The van der Waals surface area contributed by atoms with Gasteiger partial charge in [-0.25, -0.2) is 13.1 Å². The van der Waals surface area contributed by atoms with Crippen LogP contribution in [0.5, 0.6) is 0 Å². The second-order valence-electron chi connectivity index (χ2n) is 4.69. The summed E-state index contributed by atoms with van der Waals surface area (Å²) in [5.41, 5.74) is 0.111. The monoisotopic (exact) mass is 280 g/mol. The van der Waals surface area contributed by atoms with Gasteiger partial charge in [-0.1, -0.05) is 25.0 Å². The van der Waals surface area contributed by atoms with Crippen LogP contribution >= 0.6 is 0 Å². The van der Waals surface area contributed by atoms with Crippen molar-refractivity contribution in [3.05, 3.63) is 29.8 Å². The minimum atomic E-state index is -3.77. The molecular formula is C13H16N2O3S. The average Bonchev–Trinajstić information content (AvgIpc) is 2.41. The molecular weight excluding hydrogens is 264 g/mol. The highest BCUT2D eigenvalue weighted by Crippen LogP contribution is 2.21. The van der Waals surface area contributed by atoms with E-state index in [0.717, 1.165) is 12.8 Å². The summed E-state index contributed by atoms with van der Waals surface area (Å²) in [5.74, 6) is 0. The average molecular weight is 280 g/mol. The summed E-state index contributed by atoms with van der Waals surface area (Å²) in [6, 6.07) is 7.46. The van der Waals surface area contributed by atoms with Crippen LogP contribution in [0.2, 0.25) is 0 Å². The zero-order valence-electron chi connectivity index (χ0n) is 10.4. The molecule has 5 nitrogen and oxygen atoms in total. The van der Waals surface area contributed by atoms with Crippen LogP contribution in [0.4, 0.5) is 0 Å². The van der Waals surface area contributed by atoms with Crippen molar-refractivity contribution in [3.8, 4) is 6.07 Å². The Bertz CT molecular complexity index is 592. The first-order valence-corrected chi connectivity index (χ1v) is 7.72. The summed E-state index contributed by atoms with van der Waals surface area (Å²) in [5, 5.41) is 18.8. The maximum Gasteiger partial charge on any atom is 0.242 e. The van der Waals surface area contributed by atoms with E-state index in [0.29, 0.717) is 12.8 Å². The number of nitriles is 1. The first-order valence-electron chi connectivity index (χ1n) is 6.24. The fraction of sp³-hybridized carbons (Fsp3) is 0.462. The maximum atomic E-state index is 12.3. The SMILES string of the molecule is N#Cc1ccccc1S(=O)(=O)N[C@@H]1CCCC[C@H]1O. The lowest BCUT2D eigenvalue weighted by Gasteiger charge is -2.28. The molecule has 0 aliphatic heterocycles. The first-order chi connectivity index (χ1) is 9.04. The third-order valence-electron chi connectivity index (χ3n) is 3.33. The predicted molar refractivity (Wildman–Crippen MR) is 69.7 cm³/mol. The lowest BCUT2D eigenvalue weighted by molar-refractivity contribution is 0.101. The highest BCUT2D eigenvalue weighted by molar-refractivity contribution is 7.89. The number of nitrogens with one attached hydrogen (secondary N) is 1. The molecule has 1 aliphatic rings. The van der Waals surface area contributed by atoms with Gasteiger partial charge in [-0.05, 0) is 25.0 Å². The van der Waals surface area contributed by atoms with Crippen LogP contribution in [-0.4, -0.2) is 25.7 Å². The Morgan fingerprint density at radius 2 is 1.95 bits per heavy atom. The van der Waals surface area contributed by atoms with E-state index < -0.39 is 22.2 Å². The Morgan fingerprint density at radius 3 is 2.63 bits per heavy atom. The molecule has 0 spiro atoms. The summed E-state index contributed by atoms with van der Waals surface area (Å²) in [7, 11) is -3.77. The van der Waals surface area contributed by atoms with Crippen LogP contribution in [-0.2, 0) is 10.0 Å². The van der Waals surface area contributed by atoms with Gasteiger partial charge in [0.1, 0.15) is 6.07 Å². The molecule has 19 heavy (non-hydrogen) atoms. The lowest BCUT2D eigenvalue weighted by Crippen LogP contribution is -2.45. The molecule has 1 aromatic carbocycles. The molecule has 0 heterocycles. The Morgan fingerprint density at radius 1 is 1.26 bits per heavy atom. The molecule has 1 aliphatic carbocycles. The van der Waals surface area contributed by atoms with E-state index in [1.165, 1.54) is 12.1 Å². The van der Waals surface area contributed by atoms with Gasteiger partial charge in [0.05, 0.1) is 16.6 Å². The second kappa shape index (κ2) is 5.70. The standard InChI is InChI=1S/C13H16N2O3S/c14-9-10-5-1-4-8-13(10)19(17,18)15-11-6-2-3-7-12(11)16/h1,4-5,8,11-12,15-16H,2-3,6-7H2/t11-,12-/m1/s1. The first kappa shape index (κ1) is 14.0. The molecule has 0 amide bonds. The number of aliphatic hydroxyl groups excluding tert-OH is 1. The van der Waals surface area contributed by atoms with Crippen molar-refractivity contribution in [1.82, 2.24) is 4.72 Å². The summed E-state index contributed by atoms with van der Waals surface area (Å²) >= 11 is 0. The molecule has 1 saturated carbocycles. The molecule has 2 atom stereocenters. The highest BCUT2D eigenvalue weighted by atomic mass is 32.2. The number of nitrogens with zero attached hydrogens (tertiary/aromatic N) is 1. The van der Waals surface area contributed by atoms with E-state index in [1.54, 1.807) is 12.1 Å². The van der Waals surface area contributed by atoms with Crippen LogP contribution in [0.1, 0.15) is 31.2 Å². The number of hydrogen-bond acceptors (Lipinski definition) is 4. The fourth-order valence-corrected chi connectivity index (χ4v) is 3.77. The molecule has 0 unspecified atom stereocenters. The van der Waals surface area contributed by atoms with E-state index in [1.807, 2.05) is 6.07 Å². The summed E-state index contributed by atoms with van der Waals surface area (Å²) < 4.78 is 27.0. The zero-order chi connectivity index (χ0) is 13.9. The molecule has 6 heteroatoms. The lowest BCUT2D eigenvalue weighted by atomic mass is 9.93. The van der Waals surface area contributed by atoms with Gasteiger partial charge in [0.2, 0.25) is 10.0 Å². The topological polar surface area (TPSA) is 90.2 Å². The van der Waals surface area contributed by atoms with Gasteiger partial charge < -0.3 is 5.11 Å². The van der Waals surface area contributed by atoms with Crippen LogP contribution in [0.25, 0.3) is 0 Å². The van der Waals surface area contributed by atoms with Crippen LogP contribution < -0.4 is 4.72 Å². The van der Waals surface area contributed by atoms with Crippen molar-refractivity contribution in [3.63, 3.8) is 0 Å². The van der Waals surface area contributed by atoms with Gasteiger partial charge in [0.25, 0.3) is 0 Å². The largest absolute Gasteiger partial charge is 0.391 e. The summed E-state index contributed by atoms with van der Waals surface area (Å²) in [6.07, 6.45) is 2.37. The van der Waals surface area contributed by atoms with Gasteiger partial charge in [-0.2, -0.15) is 5.26 Å². The molecule has 0 saturated heterocycles. The van der Waals surface area contributed by atoms with Crippen molar-refractivity contribution in [2.75, 3.05) is 0 Å². The van der Waals surface area contributed by atoms with E-state index in [2.05, 4.69) is 4.72 Å². The number of hydrogen-bond donors (Lipinski definition) is 2. The van der Waals surface area contributed by atoms with Gasteiger partial charge in [0, 0.05) is 6.04 Å². The normalized spacial score (nSPS) is 23.8. The van der Waals surface area contributed by atoms with Crippen LogP contribution in [0.15, 0.2) is 29.2 Å². The number of aliphatic hydroxyl groups is 1. The fourth-order valence-electron chi connectivity index (χ4n) is 2.30. The molecule has 1 fully saturated rings. The smallest absolute Gasteiger partial charge is 0.242 e. The molecule has 0 radical (unpaired) electrons. The summed E-state index contributed by atoms with van der Waals surface area (Å²) in [4.78, 5) is -0.0322. The molecule has 2 rings (SSSR count). The van der Waals surface area contributed by atoms with E-state index >= 15 is 0 Å². The van der Waals surface area contributed by atoms with Gasteiger partial charge in [-0.3, -0.25) is 0 Å². The van der Waals surface area contributed by atoms with E-state index in [-0.39, 0.29) is 10.5 Å². The zero-order valence-corrected chi connectivity index (χ0v) is 11.2. The van der Waals surface area contributed by atoms with Crippen molar-refractivity contribution in [2.45, 2.75) is 42.7 Å². The number of sulfonamides is 1. The van der Waals surface area contributed by atoms with Crippen LogP contribution in [0, 0.1) is 11.3 Å². The maximum absolute atomic E-state index is 12.3. The molecule has 102 valence electrons. The summed E-state index contributed by atoms with van der Waals surface area (Å²) in [6.45, 7) is 0. The molecule has 2 N–H and O–H groups in total. The Labute approximate surface area is 112 Å². The Kier molecular flexibility index (Phi) is 4.20. The van der Waals surface area contributed by atoms with Crippen molar-refractivity contribution in [2.24, 2.45) is 0 Å². The minimum Gasteiger partial charge on any atom is -0.391 e.